The molecule has 1 heterocycles. The number of hydrogen-bond donors (Lipinski definition) is 2. The topological polar surface area (TPSA) is 65.1 Å². The van der Waals surface area contributed by atoms with Gasteiger partial charge in [-0.2, -0.15) is 0 Å². The van der Waals surface area contributed by atoms with Crippen LogP contribution < -0.4 is 5.73 Å². The molecule has 5 nitrogen and oxygen atoms in total. The zero-order chi connectivity index (χ0) is 15.5. The summed E-state index contributed by atoms with van der Waals surface area (Å²) in [5.41, 5.74) is 7.83. The summed E-state index contributed by atoms with van der Waals surface area (Å²) in [6.07, 6.45) is 0. The molecule has 116 valence electrons. The zero-order valence-corrected chi connectivity index (χ0v) is 13.2. The molecule has 0 saturated carbocycles. The molecule has 1 aliphatic heterocycles. The van der Waals surface area contributed by atoms with Gasteiger partial charge in [-0.3, -0.25) is 9.80 Å². The third-order valence-electron chi connectivity index (χ3n) is 4.08. The summed E-state index contributed by atoms with van der Waals surface area (Å²) in [5, 5.41) is 11.7. The Hall–Kier alpha value is -1.59. The molecule has 21 heavy (non-hydrogen) atoms. The van der Waals surface area contributed by atoms with Crippen LogP contribution in [0.4, 0.5) is 0 Å². The van der Waals surface area contributed by atoms with E-state index >= 15 is 0 Å². The average molecular weight is 290 g/mol. The number of nitrogens with two attached hydrogens (primary N) is 1. The minimum absolute atomic E-state index is 0.153. The fraction of sp³-hybridized carbons (Fsp3) is 0.562. The number of hydrogen-bond acceptors (Lipinski definition) is 4. The van der Waals surface area contributed by atoms with E-state index in [4.69, 9.17) is 10.9 Å². The van der Waals surface area contributed by atoms with E-state index < -0.39 is 0 Å². The van der Waals surface area contributed by atoms with Crippen LogP contribution in [0.5, 0.6) is 0 Å². The van der Waals surface area contributed by atoms with Crippen molar-refractivity contribution >= 4 is 5.84 Å². The van der Waals surface area contributed by atoms with E-state index in [1.807, 2.05) is 24.3 Å². The normalized spacial score (nSPS) is 18.9. The van der Waals surface area contributed by atoms with Gasteiger partial charge in [-0.05, 0) is 26.3 Å². The quantitative estimate of drug-likeness (QED) is 0.385. The van der Waals surface area contributed by atoms with Crippen molar-refractivity contribution in [2.24, 2.45) is 10.9 Å². The van der Waals surface area contributed by atoms with E-state index in [2.05, 4.69) is 35.7 Å². The molecular formula is C16H26N4O. The molecule has 5 heteroatoms. The Bertz CT molecular complexity index is 482. The SMILES string of the molecule is CC(C)(C)N1CCN(Cc2ccc(C(N)=NO)cc2)CC1. The fourth-order valence-electron chi connectivity index (χ4n) is 2.67. The molecule has 2 rings (SSSR count). The molecule has 0 aliphatic carbocycles. The van der Waals surface area contributed by atoms with Crippen molar-refractivity contribution in [1.29, 1.82) is 0 Å². The number of benzene rings is 1. The summed E-state index contributed by atoms with van der Waals surface area (Å²) >= 11 is 0. The van der Waals surface area contributed by atoms with Gasteiger partial charge in [-0.1, -0.05) is 29.4 Å². The van der Waals surface area contributed by atoms with Crippen molar-refractivity contribution in [3.8, 4) is 0 Å². The summed E-state index contributed by atoms with van der Waals surface area (Å²) < 4.78 is 0. The van der Waals surface area contributed by atoms with E-state index in [0.717, 1.165) is 38.3 Å². The highest BCUT2D eigenvalue weighted by molar-refractivity contribution is 5.96. The summed E-state index contributed by atoms with van der Waals surface area (Å²) in [6, 6.07) is 7.89. The third-order valence-corrected chi connectivity index (χ3v) is 4.08. The van der Waals surface area contributed by atoms with Gasteiger partial charge < -0.3 is 10.9 Å². The molecule has 0 radical (unpaired) electrons. The summed E-state index contributed by atoms with van der Waals surface area (Å²) in [6.45, 7) is 12.2. The lowest BCUT2D eigenvalue weighted by atomic mass is 10.0. The number of nitrogens with zero attached hydrogens (tertiary/aromatic N) is 3. The highest BCUT2D eigenvalue weighted by Crippen LogP contribution is 2.17. The average Bonchev–Trinajstić information content (AvgIpc) is 2.47. The van der Waals surface area contributed by atoms with Crippen LogP contribution in [0.3, 0.4) is 0 Å². The minimum Gasteiger partial charge on any atom is -0.409 e. The lowest BCUT2D eigenvalue weighted by molar-refractivity contribution is 0.0591. The molecule has 0 spiro atoms. The molecule has 0 atom stereocenters. The van der Waals surface area contributed by atoms with Gasteiger partial charge in [0, 0.05) is 43.8 Å². The van der Waals surface area contributed by atoms with Gasteiger partial charge in [-0.25, -0.2) is 0 Å². The van der Waals surface area contributed by atoms with Crippen LogP contribution in [0.1, 0.15) is 31.9 Å². The van der Waals surface area contributed by atoms with E-state index in [0.29, 0.717) is 0 Å². The first-order chi connectivity index (χ1) is 9.90. The second kappa shape index (κ2) is 6.45. The Balaban J connectivity index is 1.89. The Morgan fingerprint density at radius 2 is 1.71 bits per heavy atom. The highest BCUT2D eigenvalue weighted by Gasteiger charge is 2.25. The summed E-state index contributed by atoms with van der Waals surface area (Å²) in [4.78, 5) is 5.01. The molecule has 0 aromatic heterocycles. The van der Waals surface area contributed by atoms with Gasteiger partial charge in [0.1, 0.15) is 0 Å². The molecule has 3 N–H and O–H groups in total. The van der Waals surface area contributed by atoms with Gasteiger partial charge in [0.2, 0.25) is 0 Å². The first-order valence-electron chi connectivity index (χ1n) is 7.44. The van der Waals surface area contributed by atoms with Crippen LogP contribution in [-0.4, -0.2) is 52.6 Å². The molecule has 1 fully saturated rings. The molecule has 0 unspecified atom stereocenters. The predicted molar refractivity (Wildman–Crippen MR) is 85.6 cm³/mol. The van der Waals surface area contributed by atoms with Crippen molar-refractivity contribution < 1.29 is 5.21 Å². The Morgan fingerprint density at radius 3 is 2.19 bits per heavy atom. The Labute approximate surface area is 127 Å². The van der Waals surface area contributed by atoms with Crippen LogP contribution in [0.15, 0.2) is 29.4 Å². The van der Waals surface area contributed by atoms with Crippen LogP contribution in [0.25, 0.3) is 0 Å². The number of rotatable bonds is 3. The van der Waals surface area contributed by atoms with Crippen molar-refractivity contribution in [2.75, 3.05) is 26.2 Å². The third kappa shape index (κ3) is 4.19. The van der Waals surface area contributed by atoms with Gasteiger partial charge in [0.05, 0.1) is 0 Å². The van der Waals surface area contributed by atoms with E-state index in [1.54, 1.807) is 0 Å². The van der Waals surface area contributed by atoms with Crippen LogP contribution in [0, 0.1) is 0 Å². The van der Waals surface area contributed by atoms with E-state index in [-0.39, 0.29) is 11.4 Å². The summed E-state index contributed by atoms with van der Waals surface area (Å²) in [5.74, 6) is 0.153. The smallest absolute Gasteiger partial charge is 0.170 e. The second-order valence-electron chi connectivity index (χ2n) is 6.62. The molecule has 1 aromatic carbocycles. The molecule has 1 saturated heterocycles. The zero-order valence-electron chi connectivity index (χ0n) is 13.2. The molecule has 0 bridgehead atoms. The molecule has 0 amide bonds. The maximum Gasteiger partial charge on any atom is 0.170 e. The molecule has 1 aliphatic rings. The number of piperazine rings is 1. The first-order valence-corrected chi connectivity index (χ1v) is 7.44. The monoisotopic (exact) mass is 290 g/mol. The van der Waals surface area contributed by atoms with Crippen LogP contribution >= 0.6 is 0 Å². The van der Waals surface area contributed by atoms with Crippen molar-refractivity contribution in [3.63, 3.8) is 0 Å². The maximum atomic E-state index is 8.66. The van der Waals surface area contributed by atoms with Crippen molar-refractivity contribution in [3.05, 3.63) is 35.4 Å². The summed E-state index contributed by atoms with van der Waals surface area (Å²) in [7, 11) is 0. The maximum absolute atomic E-state index is 8.66. The second-order valence-corrected chi connectivity index (χ2v) is 6.62. The lowest BCUT2D eigenvalue weighted by Gasteiger charge is -2.42. The van der Waals surface area contributed by atoms with E-state index in [1.165, 1.54) is 5.56 Å². The first kappa shape index (κ1) is 15.8. The highest BCUT2D eigenvalue weighted by atomic mass is 16.4. The Morgan fingerprint density at radius 1 is 1.14 bits per heavy atom. The van der Waals surface area contributed by atoms with Crippen molar-refractivity contribution in [2.45, 2.75) is 32.9 Å². The Kier molecular flexibility index (Phi) is 4.85. The predicted octanol–water partition coefficient (Wildman–Crippen LogP) is 1.70. The largest absolute Gasteiger partial charge is 0.409 e. The van der Waals surface area contributed by atoms with Crippen molar-refractivity contribution in [1.82, 2.24) is 9.80 Å². The fourth-order valence-corrected chi connectivity index (χ4v) is 2.67. The van der Waals surface area contributed by atoms with Gasteiger partial charge in [0.15, 0.2) is 5.84 Å². The van der Waals surface area contributed by atoms with Gasteiger partial charge in [0.25, 0.3) is 0 Å². The van der Waals surface area contributed by atoms with Gasteiger partial charge >= 0.3 is 0 Å². The van der Waals surface area contributed by atoms with Gasteiger partial charge in [-0.15, -0.1) is 0 Å². The van der Waals surface area contributed by atoms with E-state index in [9.17, 15) is 0 Å². The van der Waals surface area contributed by atoms with Crippen LogP contribution in [-0.2, 0) is 6.54 Å². The minimum atomic E-state index is 0.153. The molecular weight excluding hydrogens is 264 g/mol. The van der Waals surface area contributed by atoms with Crippen LogP contribution in [0.2, 0.25) is 0 Å². The molecule has 1 aromatic rings. The number of oxime groups is 1. The lowest BCUT2D eigenvalue weighted by Crippen LogP contribution is -2.53. The standard InChI is InChI=1S/C16H26N4O/c1-16(2,3)20-10-8-19(9-11-20)12-13-4-6-14(7-5-13)15(17)18-21/h4-7,21H,8-12H2,1-3H3,(H2,17,18). The number of amidine groups is 1.